The Labute approximate surface area is 120 Å². The molecule has 1 aromatic carbocycles. The highest BCUT2D eigenvalue weighted by molar-refractivity contribution is 5.44. The molecule has 2 aliphatic heterocycles. The second-order valence-corrected chi connectivity index (χ2v) is 5.48. The van der Waals surface area contributed by atoms with Gasteiger partial charge in [-0.05, 0) is 12.1 Å². The predicted octanol–water partition coefficient (Wildman–Crippen LogP) is 2.01. The maximum atomic E-state index is 12.4. The summed E-state index contributed by atoms with van der Waals surface area (Å²) in [5.41, 5.74) is 0.997. The molecule has 0 bridgehead atoms. The number of halogens is 3. The summed E-state index contributed by atoms with van der Waals surface area (Å²) in [7, 11) is 0. The van der Waals surface area contributed by atoms with Gasteiger partial charge in [0.25, 0.3) is 0 Å². The third kappa shape index (κ3) is 3.24. The molecule has 0 spiro atoms. The molecule has 0 aromatic heterocycles. The van der Waals surface area contributed by atoms with Crippen LogP contribution in [0.3, 0.4) is 0 Å². The minimum absolute atomic E-state index is 0.0636. The van der Waals surface area contributed by atoms with Crippen molar-refractivity contribution in [2.24, 2.45) is 0 Å². The van der Waals surface area contributed by atoms with Crippen LogP contribution < -0.4 is 4.74 Å². The Bertz CT molecular complexity index is 513. The molecule has 1 atom stereocenters. The Kier molecular flexibility index (Phi) is 3.71. The standard InChI is InChI=1S/C14H17F3N2O2/c15-14(16,17)9-18-3-5-19(6-4-18)12-8-21-13-7-10(20)1-2-11(12)13/h1-2,7,12,20H,3-6,8-9H2. The first-order valence-corrected chi connectivity index (χ1v) is 6.91. The highest BCUT2D eigenvalue weighted by Gasteiger charge is 2.35. The van der Waals surface area contributed by atoms with Crippen LogP contribution in [0.5, 0.6) is 11.5 Å². The molecule has 3 rings (SSSR count). The summed E-state index contributed by atoms with van der Waals surface area (Å²) in [6, 6.07) is 5.08. The van der Waals surface area contributed by atoms with Gasteiger partial charge in [0.15, 0.2) is 0 Å². The Balaban J connectivity index is 1.62. The molecule has 4 nitrogen and oxygen atoms in total. The maximum absolute atomic E-state index is 12.4. The molecule has 0 saturated carbocycles. The monoisotopic (exact) mass is 302 g/mol. The van der Waals surface area contributed by atoms with Gasteiger partial charge in [0.1, 0.15) is 18.1 Å². The van der Waals surface area contributed by atoms with E-state index >= 15 is 0 Å². The summed E-state index contributed by atoms with van der Waals surface area (Å²) in [5.74, 6) is 0.821. The first-order chi connectivity index (χ1) is 9.92. The summed E-state index contributed by atoms with van der Waals surface area (Å²) in [4.78, 5) is 3.58. The van der Waals surface area contributed by atoms with Gasteiger partial charge in [0.2, 0.25) is 0 Å². The fourth-order valence-electron chi connectivity index (χ4n) is 2.97. The van der Waals surface area contributed by atoms with Crippen LogP contribution in [0.25, 0.3) is 0 Å². The minimum atomic E-state index is -4.14. The molecule has 1 N–H and O–H groups in total. The second kappa shape index (κ2) is 5.38. The molecule has 1 aromatic rings. The first-order valence-electron chi connectivity index (χ1n) is 6.91. The molecule has 0 amide bonds. The van der Waals surface area contributed by atoms with E-state index in [1.165, 1.54) is 4.90 Å². The van der Waals surface area contributed by atoms with E-state index in [1.54, 1.807) is 12.1 Å². The van der Waals surface area contributed by atoms with Crippen molar-refractivity contribution >= 4 is 0 Å². The number of hydrogen-bond acceptors (Lipinski definition) is 4. The van der Waals surface area contributed by atoms with Crippen LogP contribution in [0.4, 0.5) is 13.2 Å². The summed E-state index contributed by atoms with van der Waals surface area (Å²) in [6.07, 6.45) is -4.14. The van der Waals surface area contributed by atoms with E-state index in [9.17, 15) is 18.3 Å². The third-order valence-electron chi connectivity index (χ3n) is 4.00. The SMILES string of the molecule is Oc1ccc2c(c1)OCC2N1CCN(CC(F)(F)F)CC1. The molecule has 21 heavy (non-hydrogen) atoms. The second-order valence-electron chi connectivity index (χ2n) is 5.48. The number of piperazine rings is 1. The van der Waals surface area contributed by atoms with Crippen molar-refractivity contribution in [2.75, 3.05) is 39.3 Å². The Morgan fingerprint density at radius 3 is 2.57 bits per heavy atom. The average molecular weight is 302 g/mol. The van der Waals surface area contributed by atoms with Crippen LogP contribution in [0.15, 0.2) is 18.2 Å². The van der Waals surface area contributed by atoms with Crippen molar-refractivity contribution in [1.29, 1.82) is 0 Å². The fourth-order valence-corrected chi connectivity index (χ4v) is 2.97. The van der Waals surface area contributed by atoms with Gasteiger partial charge in [0, 0.05) is 37.8 Å². The molecule has 0 radical (unpaired) electrons. The smallest absolute Gasteiger partial charge is 0.401 e. The van der Waals surface area contributed by atoms with Crippen LogP contribution >= 0.6 is 0 Å². The highest BCUT2D eigenvalue weighted by atomic mass is 19.4. The summed E-state index contributed by atoms with van der Waals surface area (Å²) in [5, 5.41) is 9.43. The van der Waals surface area contributed by atoms with Crippen LogP contribution in [-0.4, -0.2) is 60.4 Å². The zero-order chi connectivity index (χ0) is 15.0. The van der Waals surface area contributed by atoms with Crippen molar-refractivity contribution in [3.63, 3.8) is 0 Å². The number of rotatable bonds is 2. The lowest BCUT2D eigenvalue weighted by Crippen LogP contribution is -2.50. The maximum Gasteiger partial charge on any atom is 0.401 e. The molecule has 1 unspecified atom stereocenters. The molecular weight excluding hydrogens is 285 g/mol. The predicted molar refractivity (Wildman–Crippen MR) is 70.4 cm³/mol. The van der Waals surface area contributed by atoms with Gasteiger partial charge < -0.3 is 9.84 Å². The molecule has 0 aliphatic carbocycles. The zero-order valence-electron chi connectivity index (χ0n) is 11.4. The van der Waals surface area contributed by atoms with Crippen molar-refractivity contribution in [3.05, 3.63) is 23.8 Å². The number of phenolic OH excluding ortho intramolecular Hbond substituents is 1. The quantitative estimate of drug-likeness (QED) is 0.906. The van der Waals surface area contributed by atoms with Crippen molar-refractivity contribution in [3.8, 4) is 11.5 Å². The number of aromatic hydroxyl groups is 1. The van der Waals surface area contributed by atoms with Crippen molar-refractivity contribution in [1.82, 2.24) is 9.80 Å². The average Bonchev–Trinajstić information content (AvgIpc) is 2.80. The molecular formula is C14H17F3N2O2. The van der Waals surface area contributed by atoms with E-state index < -0.39 is 12.7 Å². The first kappa shape index (κ1) is 14.5. The number of benzene rings is 1. The summed E-state index contributed by atoms with van der Waals surface area (Å²) >= 11 is 0. The van der Waals surface area contributed by atoms with Gasteiger partial charge in [-0.25, -0.2) is 0 Å². The number of hydrogen-bond donors (Lipinski definition) is 1. The molecule has 2 heterocycles. The Morgan fingerprint density at radius 1 is 1.19 bits per heavy atom. The van der Waals surface area contributed by atoms with Gasteiger partial charge in [-0.15, -0.1) is 0 Å². The molecule has 7 heteroatoms. The number of nitrogens with zero attached hydrogens (tertiary/aromatic N) is 2. The minimum Gasteiger partial charge on any atom is -0.508 e. The van der Waals surface area contributed by atoms with Gasteiger partial charge in [-0.1, -0.05) is 0 Å². The lowest BCUT2D eigenvalue weighted by atomic mass is 10.1. The molecule has 1 saturated heterocycles. The van der Waals surface area contributed by atoms with E-state index in [2.05, 4.69) is 4.90 Å². The molecule has 2 aliphatic rings. The third-order valence-corrected chi connectivity index (χ3v) is 4.00. The highest BCUT2D eigenvalue weighted by Crippen LogP contribution is 2.38. The number of fused-ring (bicyclic) bond motifs is 1. The largest absolute Gasteiger partial charge is 0.508 e. The van der Waals surface area contributed by atoms with Gasteiger partial charge in [-0.2, -0.15) is 13.2 Å². The van der Waals surface area contributed by atoms with Gasteiger partial charge in [-0.3, -0.25) is 9.80 Å². The van der Waals surface area contributed by atoms with E-state index in [1.807, 2.05) is 6.07 Å². The summed E-state index contributed by atoms with van der Waals surface area (Å²) < 4.78 is 42.7. The Morgan fingerprint density at radius 2 is 1.90 bits per heavy atom. The normalized spacial score (nSPS) is 23.9. The van der Waals surface area contributed by atoms with Crippen molar-refractivity contribution in [2.45, 2.75) is 12.2 Å². The number of ether oxygens (including phenoxy) is 1. The number of alkyl halides is 3. The van der Waals surface area contributed by atoms with Crippen LogP contribution in [0, 0.1) is 0 Å². The van der Waals surface area contributed by atoms with E-state index in [0.29, 0.717) is 38.5 Å². The fraction of sp³-hybridized carbons (Fsp3) is 0.571. The van der Waals surface area contributed by atoms with E-state index in [-0.39, 0.29) is 11.8 Å². The van der Waals surface area contributed by atoms with Crippen LogP contribution in [-0.2, 0) is 0 Å². The van der Waals surface area contributed by atoms with E-state index in [0.717, 1.165) is 5.56 Å². The lowest BCUT2D eigenvalue weighted by Gasteiger charge is -2.37. The summed E-state index contributed by atoms with van der Waals surface area (Å²) in [6.45, 7) is 1.63. The molecule has 1 fully saturated rings. The van der Waals surface area contributed by atoms with Gasteiger partial charge >= 0.3 is 6.18 Å². The van der Waals surface area contributed by atoms with Gasteiger partial charge in [0.05, 0.1) is 12.6 Å². The topological polar surface area (TPSA) is 35.9 Å². The zero-order valence-corrected chi connectivity index (χ0v) is 11.4. The van der Waals surface area contributed by atoms with Crippen molar-refractivity contribution < 1.29 is 23.0 Å². The van der Waals surface area contributed by atoms with E-state index in [4.69, 9.17) is 4.74 Å². The number of phenols is 1. The molecule has 116 valence electrons. The lowest BCUT2D eigenvalue weighted by molar-refractivity contribution is -0.150. The van der Waals surface area contributed by atoms with Crippen LogP contribution in [0.2, 0.25) is 0 Å². The van der Waals surface area contributed by atoms with Crippen LogP contribution in [0.1, 0.15) is 11.6 Å². The Hall–Kier alpha value is -1.47.